The van der Waals surface area contributed by atoms with Gasteiger partial charge in [0.15, 0.2) is 0 Å². The van der Waals surface area contributed by atoms with Crippen LogP contribution in [0.15, 0.2) is 59.8 Å². The average molecular weight is 392 g/mol. The van der Waals surface area contributed by atoms with E-state index >= 15 is 0 Å². The van der Waals surface area contributed by atoms with E-state index in [0.717, 1.165) is 11.2 Å². The van der Waals surface area contributed by atoms with Gasteiger partial charge in [0.25, 0.3) is 11.5 Å². The Hall–Kier alpha value is -3.56. The van der Waals surface area contributed by atoms with Crippen LogP contribution < -0.4 is 16.2 Å². The molecule has 0 radical (unpaired) electrons. The van der Waals surface area contributed by atoms with Crippen molar-refractivity contribution in [3.8, 4) is 0 Å². The molecule has 1 amide bonds. The van der Waals surface area contributed by atoms with Crippen molar-refractivity contribution in [2.45, 2.75) is 13.1 Å². The molecule has 0 atom stereocenters. The molecule has 4 aromatic heterocycles. The second-order valence-electron chi connectivity index (χ2n) is 6.53. The van der Waals surface area contributed by atoms with Crippen molar-refractivity contribution in [1.82, 2.24) is 29.4 Å². The fraction of sp³-hybridized carbons (Fsp3) is 0.200. The molecule has 0 spiro atoms. The Bertz CT molecular complexity index is 1230. The van der Waals surface area contributed by atoms with Crippen molar-refractivity contribution >= 4 is 17.2 Å². The Morgan fingerprint density at radius 2 is 1.97 bits per heavy atom. The van der Waals surface area contributed by atoms with Crippen molar-refractivity contribution in [2.24, 2.45) is 0 Å². The normalized spacial score (nSPS) is 11.2. The van der Waals surface area contributed by atoms with Crippen LogP contribution in [-0.2, 0) is 13.1 Å². The predicted molar refractivity (Wildman–Crippen MR) is 107 cm³/mol. The highest BCUT2D eigenvalue weighted by Gasteiger charge is 2.11. The van der Waals surface area contributed by atoms with Crippen LogP contribution in [0, 0.1) is 0 Å². The number of amides is 1. The Morgan fingerprint density at radius 1 is 1.07 bits per heavy atom. The average Bonchev–Trinajstić information content (AvgIpc) is 3.14. The third kappa shape index (κ3) is 4.15. The zero-order valence-corrected chi connectivity index (χ0v) is 15.6. The Balaban J connectivity index is 1.46. The van der Waals surface area contributed by atoms with Gasteiger partial charge in [0, 0.05) is 37.7 Å². The zero-order valence-electron chi connectivity index (χ0n) is 15.6. The summed E-state index contributed by atoms with van der Waals surface area (Å²) in [7, 11) is 0. The van der Waals surface area contributed by atoms with Gasteiger partial charge >= 0.3 is 0 Å². The van der Waals surface area contributed by atoms with Gasteiger partial charge in [-0.3, -0.25) is 14.0 Å². The SMILES string of the molecule is O=C(NCc1cn2cc(CNCCO)ccc2n1)c1cc(=O)n2ccccc2n1. The summed E-state index contributed by atoms with van der Waals surface area (Å²) in [6, 6.07) is 10.2. The first-order valence-electron chi connectivity index (χ1n) is 9.19. The highest BCUT2D eigenvalue weighted by Crippen LogP contribution is 2.08. The monoisotopic (exact) mass is 392 g/mol. The van der Waals surface area contributed by atoms with E-state index in [1.165, 1.54) is 10.5 Å². The van der Waals surface area contributed by atoms with E-state index in [1.807, 2.05) is 28.9 Å². The largest absolute Gasteiger partial charge is 0.395 e. The molecule has 0 unspecified atom stereocenters. The molecule has 29 heavy (non-hydrogen) atoms. The van der Waals surface area contributed by atoms with Gasteiger partial charge in [-0.05, 0) is 23.8 Å². The zero-order chi connectivity index (χ0) is 20.2. The molecule has 0 aliphatic carbocycles. The number of imidazole rings is 1. The molecule has 0 aromatic carbocycles. The van der Waals surface area contributed by atoms with Crippen molar-refractivity contribution < 1.29 is 9.90 Å². The van der Waals surface area contributed by atoms with Crippen LogP contribution in [0.3, 0.4) is 0 Å². The lowest BCUT2D eigenvalue weighted by molar-refractivity contribution is 0.0945. The van der Waals surface area contributed by atoms with Gasteiger partial charge in [0.05, 0.1) is 18.8 Å². The van der Waals surface area contributed by atoms with Gasteiger partial charge < -0.3 is 20.1 Å². The number of fused-ring (bicyclic) bond motifs is 2. The third-order valence-electron chi connectivity index (χ3n) is 4.41. The van der Waals surface area contributed by atoms with E-state index < -0.39 is 5.91 Å². The van der Waals surface area contributed by atoms with E-state index in [9.17, 15) is 9.59 Å². The lowest BCUT2D eigenvalue weighted by atomic mass is 10.3. The second-order valence-corrected chi connectivity index (χ2v) is 6.53. The Morgan fingerprint density at radius 3 is 2.83 bits per heavy atom. The molecule has 9 heteroatoms. The first kappa shape index (κ1) is 18.8. The first-order valence-corrected chi connectivity index (χ1v) is 9.19. The van der Waals surface area contributed by atoms with Gasteiger partial charge in [-0.15, -0.1) is 0 Å². The summed E-state index contributed by atoms with van der Waals surface area (Å²) in [6.07, 6.45) is 5.40. The number of pyridine rings is 2. The van der Waals surface area contributed by atoms with Crippen molar-refractivity contribution in [3.63, 3.8) is 0 Å². The first-order chi connectivity index (χ1) is 14.1. The number of rotatable bonds is 7. The molecule has 3 N–H and O–H groups in total. The van der Waals surface area contributed by atoms with Gasteiger partial charge in [-0.25, -0.2) is 9.97 Å². The number of nitrogens with one attached hydrogen (secondary N) is 2. The lowest BCUT2D eigenvalue weighted by Gasteiger charge is -2.04. The molecule has 0 fully saturated rings. The van der Waals surface area contributed by atoms with Crippen LogP contribution in [0.2, 0.25) is 0 Å². The smallest absolute Gasteiger partial charge is 0.270 e. The summed E-state index contributed by atoms with van der Waals surface area (Å²) >= 11 is 0. The topological polar surface area (TPSA) is 113 Å². The lowest BCUT2D eigenvalue weighted by Crippen LogP contribution is -2.27. The summed E-state index contributed by atoms with van der Waals surface area (Å²) in [4.78, 5) is 33.3. The van der Waals surface area contributed by atoms with Crippen molar-refractivity contribution in [2.75, 3.05) is 13.2 Å². The molecule has 0 saturated carbocycles. The predicted octanol–water partition coefficient (Wildman–Crippen LogP) is 0.354. The van der Waals surface area contributed by atoms with Gasteiger partial charge in [0.2, 0.25) is 0 Å². The molecule has 0 saturated heterocycles. The fourth-order valence-corrected chi connectivity index (χ4v) is 3.02. The summed E-state index contributed by atoms with van der Waals surface area (Å²) in [5.41, 5.74) is 2.69. The minimum atomic E-state index is -0.431. The number of carbonyl (C=O) groups is 1. The maximum atomic E-state index is 12.4. The number of hydrogen-bond acceptors (Lipinski definition) is 6. The molecular formula is C20H20N6O3. The highest BCUT2D eigenvalue weighted by atomic mass is 16.3. The van der Waals surface area contributed by atoms with Crippen LogP contribution >= 0.6 is 0 Å². The number of aliphatic hydroxyl groups excluding tert-OH is 1. The number of aromatic nitrogens is 4. The highest BCUT2D eigenvalue weighted by molar-refractivity contribution is 5.92. The minimum Gasteiger partial charge on any atom is -0.395 e. The fourth-order valence-electron chi connectivity index (χ4n) is 3.02. The Labute approximate surface area is 165 Å². The molecule has 0 aliphatic rings. The van der Waals surface area contributed by atoms with Crippen LogP contribution in [0.1, 0.15) is 21.7 Å². The summed E-state index contributed by atoms with van der Waals surface area (Å²) in [5.74, 6) is -0.431. The minimum absolute atomic E-state index is 0.0715. The molecule has 4 aromatic rings. The van der Waals surface area contributed by atoms with Gasteiger partial charge in [-0.1, -0.05) is 12.1 Å². The molecule has 0 bridgehead atoms. The summed E-state index contributed by atoms with van der Waals surface area (Å²) < 4.78 is 3.27. The van der Waals surface area contributed by atoms with Crippen molar-refractivity contribution in [1.29, 1.82) is 0 Å². The van der Waals surface area contributed by atoms with E-state index in [-0.39, 0.29) is 24.4 Å². The van der Waals surface area contributed by atoms with Crippen LogP contribution in [0.4, 0.5) is 0 Å². The Kier molecular flexibility index (Phi) is 5.32. The molecule has 9 nitrogen and oxygen atoms in total. The number of hydrogen-bond donors (Lipinski definition) is 3. The van der Waals surface area contributed by atoms with Crippen LogP contribution in [0.5, 0.6) is 0 Å². The molecule has 0 aliphatic heterocycles. The summed E-state index contributed by atoms with van der Waals surface area (Å²) in [6.45, 7) is 1.49. The van der Waals surface area contributed by atoms with Gasteiger partial charge in [0.1, 0.15) is 17.0 Å². The standard InChI is InChI=1S/C20H20N6O3/c27-8-6-21-10-14-4-5-17-23-15(13-25(17)12-14)11-22-20(29)16-9-19(28)26-7-2-1-3-18(26)24-16/h1-5,7,9,12-13,21,27H,6,8,10-11H2,(H,22,29). The maximum Gasteiger partial charge on any atom is 0.270 e. The number of carbonyl (C=O) groups excluding carboxylic acids is 1. The molecule has 148 valence electrons. The maximum absolute atomic E-state index is 12.4. The van der Waals surface area contributed by atoms with Gasteiger partial charge in [-0.2, -0.15) is 0 Å². The number of aliphatic hydroxyl groups is 1. The number of nitrogens with zero attached hydrogens (tertiary/aromatic N) is 4. The van der Waals surface area contributed by atoms with E-state index in [0.29, 0.717) is 24.4 Å². The molecule has 4 heterocycles. The summed E-state index contributed by atoms with van der Waals surface area (Å²) in [5, 5.41) is 14.7. The quantitative estimate of drug-likeness (QED) is 0.391. The van der Waals surface area contributed by atoms with Crippen LogP contribution in [-0.4, -0.2) is 42.9 Å². The second kappa shape index (κ2) is 8.21. The van der Waals surface area contributed by atoms with Crippen LogP contribution in [0.25, 0.3) is 11.3 Å². The molecular weight excluding hydrogens is 372 g/mol. The third-order valence-corrected chi connectivity index (χ3v) is 4.41. The van der Waals surface area contributed by atoms with Crippen molar-refractivity contribution in [3.05, 3.63) is 82.3 Å². The molecule has 4 rings (SSSR count). The van der Waals surface area contributed by atoms with E-state index in [4.69, 9.17) is 5.11 Å². The van der Waals surface area contributed by atoms with E-state index in [2.05, 4.69) is 20.6 Å². The van der Waals surface area contributed by atoms with E-state index in [1.54, 1.807) is 24.4 Å².